The first-order chi connectivity index (χ1) is 20.4. The highest BCUT2D eigenvalue weighted by Crippen LogP contribution is 2.39. The van der Waals surface area contributed by atoms with Crippen LogP contribution in [-0.4, -0.2) is 60.9 Å². The molecule has 1 fully saturated rings. The van der Waals surface area contributed by atoms with Gasteiger partial charge >= 0.3 is 6.18 Å². The predicted molar refractivity (Wildman–Crippen MR) is 153 cm³/mol. The highest BCUT2D eigenvalue weighted by molar-refractivity contribution is 5.95. The van der Waals surface area contributed by atoms with E-state index in [4.69, 9.17) is 14.9 Å². The van der Waals surface area contributed by atoms with E-state index in [-0.39, 0.29) is 59.0 Å². The zero-order valence-electron chi connectivity index (χ0n) is 23.3. The van der Waals surface area contributed by atoms with Gasteiger partial charge in [0.1, 0.15) is 29.4 Å². The largest absolute Gasteiger partial charge is 0.459 e. The number of carbonyl (C=O) groups excluding carboxylic acids is 2. The minimum Gasteiger partial charge on any atom is -0.459 e. The highest BCUT2D eigenvalue weighted by Gasteiger charge is 2.37. The smallest absolute Gasteiger partial charge is 0.420 e. The molecule has 9 nitrogen and oxygen atoms in total. The number of nitrogens with one attached hydrogen (secondary N) is 1. The number of benzene rings is 1. The second-order valence-corrected chi connectivity index (χ2v) is 9.80. The lowest BCUT2D eigenvalue weighted by molar-refractivity contribution is -0.136. The molecule has 4 rings (SSSR count). The molecule has 3 aromatic rings. The number of hydrogen-bond donors (Lipinski definition) is 2. The third-order valence-electron chi connectivity index (χ3n) is 6.70. The third kappa shape index (κ3) is 7.55. The van der Waals surface area contributed by atoms with Crippen LogP contribution in [0.15, 0.2) is 81.6 Å². The topological polar surface area (TPSA) is 123 Å². The Morgan fingerprint density at radius 2 is 2.00 bits per heavy atom. The Morgan fingerprint density at radius 3 is 2.63 bits per heavy atom. The summed E-state index contributed by atoms with van der Waals surface area (Å²) in [4.78, 5) is 34.0. The predicted octanol–water partition coefficient (Wildman–Crippen LogP) is 4.94. The fourth-order valence-electron chi connectivity index (χ4n) is 4.41. The fourth-order valence-corrected chi connectivity index (χ4v) is 4.41. The quantitative estimate of drug-likeness (QED) is 0.156. The number of alkyl halides is 4. The summed E-state index contributed by atoms with van der Waals surface area (Å²) in [5, 5.41) is 2.72. The molecular formula is C30H29F4N5O4. The lowest BCUT2D eigenvalue weighted by atomic mass is 10.0. The van der Waals surface area contributed by atoms with Gasteiger partial charge in [0.25, 0.3) is 5.91 Å². The number of hydrogen-bond acceptors (Lipinski definition) is 7. The van der Waals surface area contributed by atoms with Gasteiger partial charge in [-0.25, -0.2) is 9.38 Å². The first-order valence-electron chi connectivity index (χ1n) is 13.0. The molecule has 3 N–H and O–H groups in total. The zero-order valence-corrected chi connectivity index (χ0v) is 23.3. The molecule has 0 aliphatic carbocycles. The lowest BCUT2D eigenvalue weighted by Crippen LogP contribution is -2.30. The van der Waals surface area contributed by atoms with Crippen molar-refractivity contribution in [2.45, 2.75) is 31.9 Å². The number of aromatic nitrogens is 1. The number of nitrogens with two attached hydrogens (primary N) is 1. The Kier molecular flexibility index (Phi) is 9.44. The molecule has 43 heavy (non-hydrogen) atoms. The Balaban J connectivity index is 1.52. The summed E-state index contributed by atoms with van der Waals surface area (Å²) < 4.78 is 66.5. The van der Waals surface area contributed by atoms with Gasteiger partial charge in [-0.2, -0.15) is 13.2 Å². The molecule has 13 heteroatoms. The van der Waals surface area contributed by atoms with Crippen molar-refractivity contribution in [1.29, 1.82) is 0 Å². The van der Waals surface area contributed by atoms with Crippen LogP contribution in [0.4, 0.5) is 17.6 Å². The molecule has 2 atom stereocenters. The number of fused-ring (bicyclic) bond motifs is 1. The zero-order chi connectivity index (χ0) is 31.3. The van der Waals surface area contributed by atoms with E-state index >= 15 is 0 Å². The first kappa shape index (κ1) is 31.2. The van der Waals surface area contributed by atoms with Crippen LogP contribution in [0.5, 0.6) is 0 Å². The van der Waals surface area contributed by atoms with Crippen LogP contribution < -0.4 is 11.1 Å². The molecule has 2 aromatic heterocycles. The molecule has 0 spiro atoms. The number of likely N-dealkylation sites (tertiary alicyclic amines) is 1. The Hall–Kier alpha value is -4.78. The molecule has 1 aliphatic rings. The number of amides is 2. The Bertz CT molecular complexity index is 1610. The van der Waals surface area contributed by atoms with Crippen LogP contribution in [0.1, 0.15) is 28.6 Å². The van der Waals surface area contributed by atoms with E-state index in [0.29, 0.717) is 5.57 Å². The Morgan fingerprint density at radius 1 is 1.23 bits per heavy atom. The van der Waals surface area contributed by atoms with Crippen molar-refractivity contribution in [3.63, 3.8) is 0 Å². The van der Waals surface area contributed by atoms with Crippen LogP contribution in [0, 0.1) is 0 Å². The number of methoxy groups -OCH3 is 1. The van der Waals surface area contributed by atoms with Crippen LogP contribution in [-0.2, 0) is 22.3 Å². The first-order valence-corrected chi connectivity index (χ1v) is 13.0. The summed E-state index contributed by atoms with van der Waals surface area (Å²) in [6.45, 7) is 4.83. The van der Waals surface area contributed by atoms with Gasteiger partial charge in [-0.05, 0) is 50.0 Å². The van der Waals surface area contributed by atoms with Crippen molar-refractivity contribution in [2.24, 2.45) is 10.7 Å². The number of nitrogens with zero attached hydrogens (tertiary/aromatic N) is 3. The molecule has 1 saturated heterocycles. The van der Waals surface area contributed by atoms with Crippen molar-refractivity contribution in [1.82, 2.24) is 15.2 Å². The maximum atomic E-state index is 14.0. The van der Waals surface area contributed by atoms with Gasteiger partial charge in [0.05, 0.1) is 36.5 Å². The number of halogens is 4. The van der Waals surface area contributed by atoms with E-state index in [9.17, 15) is 27.2 Å². The second-order valence-electron chi connectivity index (χ2n) is 9.80. The van der Waals surface area contributed by atoms with Gasteiger partial charge in [-0.15, -0.1) is 0 Å². The molecule has 2 amide bonds. The summed E-state index contributed by atoms with van der Waals surface area (Å²) in [6, 6.07) is 6.65. The second kappa shape index (κ2) is 13.0. The van der Waals surface area contributed by atoms with Crippen molar-refractivity contribution < 1.29 is 36.3 Å². The Labute approximate surface area is 244 Å². The lowest BCUT2D eigenvalue weighted by Gasteiger charge is -2.15. The van der Waals surface area contributed by atoms with E-state index in [1.54, 1.807) is 13.0 Å². The van der Waals surface area contributed by atoms with Crippen LogP contribution in [0.3, 0.4) is 0 Å². The average molecular weight is 600 g/mol. The van der Waals surface area contributed by atoms with Crippen molar-refractivity contribution in [3.05, 3.63) is 89.1 Å². The molecule has 1 aliphatic heterocycles. The van der Waals surface area contributed by atoms with Gasteiger partial charge in [0.15, 0.2) is 0 Å². The van der Waals surface area contributed by atoms with Gasteiger partial charge in [0, 0.05) is 30.3 Å². The van der Waals surface area contributed by atoms with E-state index < -0.39 is 35.8 Å². The molecule has 0 saturated carbocycles. The summed E-state index contributed by atoms with van der Waals surface area (Å²) >= 11 is 0. The van der Waals surface area contributed by atoms with Crippen molar-refractivity contribution >= 4 is 29.5 Å². The maximum absolute atomic E-state index is 14.0. The number of rotatable bonds is 9. The molecule has 226 valence electrons. The van der Waals surface area contributed by atoms with Crippen LogP contribution in [0.25, 0.3) is 22.2 Å². The highest BCUT2D eigenvalue weighted by atomic mass is 19.4. The molecule has 1 aromatic carbocycles. The SMILES string of the molecule is C=N\C(N)=C/C=C(C)/C=C/C(=O)NCc1cc2cc(-c3ccc(C(=O)N4C[C@@H](F)[C@H](OC)C4)cn3)cc(C(F)(F)F)c2o1. The minimum absolute atomic E-state index is 0.0846. The number of ether oxygens (including phenoxy) is 1. The normalized spacial score (nSPS) is 18.0. The molecule has 0 bridgehead atoms. The fraction of sp³-hybridized carbons (Fsp3) is 0.267. The minimum atomic E-state index is -4.75. The number of aliphatic imine (C=N–C) groups is 1. The number of pyridine rings is 1. The van der Waals surface area contributed by atoms with E-state index in [1.165, 1.54) is 60.7 Å². The van der Waals surface area contributed by atoms with Crippen LogP contribution in [0.2, 0.25) is 0 Å². The number of allylic oxidation sites excluding steroid dienone is 4. The van der Waals surface area contributed by atoms with E-state index in [2.05, 4.69) is 22.0 Å². The van der Waals surface area contributed by atoms with Gasteiger partial charge in [-0.1, -0.05) is 17.7 Å². The van der Waals surface area contributed by atoms with Gasteiger partial charge < -0.3 is 25.1 Å². The average Bonchev–Trinajstić information content (AvgIpc) is 3.58. The maximum Gasteiger partial charge on any atom is 0.420 e. The standard InChI is InChI=1S/C30H29F4N5O4/c1-17(4-8-26(35)36-2)5-9-27(40)38-14-21-11-20-10-19(12-22(28(20)43-21)30(32,33)34)24-7-6-18(13-37-24)29(41)39-15-23(31)25(16-39)42-3/h4-13,23,25H,2,14-16,35H2,1,3H3,(H,38,40)/b9-5+,17-4+,26-8-/t23-,25-/m1/s1. The summed E-state index contributed by atoms with van der Waals surface area (Å²) in [5.74, 6) is -0.625. The van der Waals surface area contributed by atoms with Gasteiger partial charge in [-0.3, -0.25) is 14.6 Å². The van der Waals surface area contributed by atoms with Crippen LogP contribution >= 0.6 is 0 Å². The molecule has 0 unspecified atom stereocenters. The summed E-state index contributed by atoms with van der Waals surface area (Å²) in [6.07, 6.45) is 0.401. The third-order valence-corrected chi connectivity index (χ3v) is 6.70. The van der Waals surface area contributed by atoms with Crippen molar-refractivity contribution in [3.8, 4) is 11.3 Å². The van der Waals surface area contributed by atoms with E-state index in [0.717, 1.165) is 6.07 Å². The van der Waals surface area contributed by atoms with E-state index in [1.807, 2.05) is 0 Å². The van der Waals surface area contributed by atoms with Gasteiger partial charge in [0.2, 0.25) is 5.91 Å². The monoisotopic (exact) mass is 599 g/mol. The number of carbonyl (C=O) groups is 2. The summed E-state index contributed by atoms with van der Waals surface area (Å²) in [7, 11) is 1.37. The molecule has 0 radical (unpaired) electrons. The summed E-state index contributed by atoms with van der Waals surface area (Å²) in [5.41, 5.74) is 5.32. The molecular weight excluding hydrogens is 570 g/mol. The number of furan rings is 1. The van der Waals surface area contributed by atoms with Crippen molar-refractivity contribution in [2.75, 3.05) is 20.2 Å². The molecule has 3 heterocycles.